The molecule has 1 aromatic carbocycles. The quantitative estimate of drug-likeness (QED) is 0.863. The number of nitrogens with zero attached hydrogens (tertiary/aromatic N) is 3. The van der Waals surface area contributed by atoms with Gasteiger partial charge in [0.05, 0.1) is 11.4 Å². The Morgan fingerprint density at radius 3 is 2.41 bits per heavy atom. The summed E-state index contributed by atoms with van der Waals surface area (Å²) in [6, 6.07) is 2.64. The lowest BCUT2D eigenvalue weighted by Crippen LogP contribution is -2.09. The van der Waals surface area contributed by atoms with Crippen molar-refractivity contribution < 1.29 is 18.7 Å². The van der Waals surface area contributed by atoms with Gasteiger partial charge >= 0.3 is 5.97 Å². The van der Waals surface area contributed by atoms with Crippen molar-refractivity contribution >= 4 is 5.97 Å². The van der Waals surface area contributed by atoms with E-state index in [0.717, 1.165) is 16.8 Å². The van der Waals surface area contributed by atoms with Gasteiger partial charge in [-0.3, -0.25) is 0 Å². The first kappa shape index (κ1) is 11.2. The highest BCUT2D eigenvalue weighted by molar-refractivity contribution is 5.87. The van der Waals surface area contributed by atoms with Crippen molar-refractivity contribution in [2.75, 3.05) is 0 Å². The number of benzene rings is 1. The van der Waals surface area contributed by atoms with Crippen molar-refractivity contribution in [1.29, 1.82) is 0 Å². The second-order valence-corrected chi connectivity index (χ2v) is 3.37. The lowest BCUT2D eigenvalue weighted by atomic mass is 10.2. The third-order valence-electron chi connectivity index (χ3n) is 2.13. The zero-order chi connectivity index (χ0) is 12.6. The number of carbonyl (C=O) groups is 1. The van der Waals surface area contributed by atoms with Crippen LogP contribution in [-0.4, -0.2) is 26.1 Å². The monoisotopic (exact) mass is 239 g/mol. The SMILES string of the molecule is Cc1nnn(-c2cc(F)cc(F)c2)c1C(=O)O. The van der Waals surface area contributed by atoms with E-state index in [9.17, 15) is 13.6 Å². The lowest BCUT2D eigenvalue weighted by Gasteiger charge is -2.03. The minimum absolute atomic E-state index is 0.0273. The van der Waals surface area contributed by atoms with Crippen LogP contribution in [0.1, 0.15) is 16.2 Å². The van der Waals surface area contributed by atoms with Crippen molar-refractivity contribution in [1.82, 2.24) is 15.0 Å². The summed E-state index contributed by atoms with van der Waals surface area (Å²) in [5.74, 6) is -2.90. The topological polar surface area (TPSA) is 68.0 Å². The van der Waals surface area contributed by atoms with Gasteiger partial charge in [-0.15, -0.1) is 5.10 Å². The standard InChI is InChI=1S/C10H7F2N3O2/c1-5-9(10(16)17)15(14-13-5)8-3-6(11)2-7(12)4-8/h2-4H,1H3,(H,16,17). The van der Waals surface area contributed by atoms with Crippen LogP contribution in [0.25, 0.3) is 5.69 Å². The second-order valence-electron chi connectivity index (χ2n) is 3.37. The van der Waals surface area contributed by atoms with E-state index in [0.29, 0.717) is 6.07 Å². The Bertz CT molecular complexity index is 575. The fraction of sp³-hybridized carbons (Fsp3) is 0.100. The van der Waals surface area contributed by atoms with Crippen LogP contribution in [0.15, 0.2) is 18.2 Å². The number of hydrogen-bond acceptors (Lipinski definition) is 3. The summed E-state index contributed by atoms with van der Waals surface area (Å²) in [7, 11) is 0. The second kappa shape index (κ2) is 3.93. The molecule has 1 aromatic heterocycles. The summed E-state index contributed by atoms with van der Waals surface area (Å²) in [4.78, 5) is 11.0. The van der Waals surface area contributed by atoms with E-state index in [4.69, 9.17) is 5.11 Å². The van der Waals surface area contributed by atoms with Gasteiger partial charge in [0, 0.05) is 6.07 Å². The van der Waals surface area contributed by atoms with Gasteiger partial charge in [-0.05, 0) is 19.1 Å². The van der Waals surface area contributed by atoms with Crippen LogP contribution in [0.2, 0.25) is 0 Å². The van der Waals surface area contributed by atoms with Crippen molar-refractivity contribution in [3.63, 3.8) is 0 Å². The molecule has 0 amide bonds. The van der Waals surface area contributed by atoms with Gasteiger partial charge in [-0.2, -0.15) is 0 Å². The summed E-state index contributed by atoms with van der Waals surface area (Å²) in [6.45, 7) is 1.45. The number of aromatic nitrogens is 3. The molecule has 1 N–H and O–H groups in total. The molecule has 0 atom stereocenters. The Morgan fingerprint density at radius 1 is 1.29 bits per heavy atom. The number of carboxylic acid groups (broad SMARTS) is 1. The first-order valence-corrected chi connectivity index (χ1v) is 4.61. The number of aryl methyl sites for hydroxylation is 1. The van der Waals surface area contributed by atoms with E-state index in [1.54, 1.807) is 0 Å². The highest BCUT2D eigenvalue weighted by Gasteiger charge is 2.18. The summed E-state index contributed by atoms with van der Waals surface area (Å²) >= 11 is 0. The van der Waals surface area contributed by atoms with Gasteiger partial charge in [0.2, 0.25) is 0 Å². The van der Waals surface area contributed by atoms with Crippen LogP contribution in [0.3, 0.4) is 0 Å². The predicted octanol–water partition coefficient (Wildman–Crippen LogP) is 1.55. The maximum absolute atomic E-state index is 13.0. The molecule has 0 aliphatic heterocycles. The van der Waals surface area contributed by atoms with Crippen molar-refractivity contribution in [3.05, 3.63) is 41.2 Å². The first-order chi connectivity index (χ1) is 7.99. The molecule has 7 heteroatoms. The van der Waals surface area contributed by atoms with Gasteiger partial charge in [-0.1, -0.05) is 5.21 Å². The zero-order valence-corrected chi connectivity index (χ0v) is 8.69. The van der Waals surface area contributed by atoms with Crippen LogP contribution < -0.4 is 0 Å². The maximum atomic E-state index is 13.0. The normalized spacial score (nSPS) is 10.5. The number of hydrogen-bond donors (Lipinski definition) is 1. The van der Waals surface area contributed by atoms with Crippen LogP contribution in [-0.2, 0) is 0 Å². The van der Waals surface area contributed by atoms with Crippen LogP contribution in [0, 0.1) is 18.6 Å². The number of aromatic carboxylic acids is 1. The number of rotatable bonds is 2. The van der Waals surface area contributed by atoms with Crippen molar-refractivity contribution in [3.8, 4) is 5.69 Å². The average Bonchev–Trinajstić information content (AvgIpc) is 2.58. The average molecular weight is 239 g/mol. The number of carboxylic acids is 1. The Hall–Kier alpha value is -2.31. The fourth-order valence-corrected chi connectivity index (χ4v) is 1.44. The van der Waals surface area contributed by atoms with Gasteiger partial charge in [0.25, 0.3) is 0 Å². The molecule has 0 fully saturated rings. The molecule has 0 unspecified atom stereocenters. The minimum Gasteiger partial charge on any atom is -0.476 e. The molecule has 0 spiro atoms. The van der Waals surface area contributed by atoms with E-state index < -0.39 is 17.6 Å². The van der Waals surface area contributed by atoms with Gasteiger partial charge in [-0.25, -0.2) is 18.3 Å². The van der Waals surface area contributed by atoms with Crippen molar-refractivity contribution in [2.24, 2.45) is 0 Å². The van der Waals surface area contributed by atoms with Crippen LogP contribution >= 0.6 is 0 Å². The summed E-state index contributed by atoms with van der Waals surface area (Å²) in [5.41, 5.74) is -0.0855. The molecule has 17 heavy (non-hydrogen) atoms. The Balaban J connectivity index is 2.64. The molecule has 1 heterocycles. The molecular formula is C10H7F2N3O2. The highest BCUT2D eigenvalue weighted by Crippen LogP contribution is 2.15. The molecule has 0 bridgehead atoms. The van der Waals surface area contributed by atoms with Crippen molar-refractivity contribution in [2.45, 2.75) is 6.92 Å². The van der Waals surface area contributed by atoms with Gasteiger partial charge in [0.15, 0.2) is 5.69 Å². The fourth-order valence-electron chi connectivity index (χ4n) is 1.44. The van der Waals surface area contributed by atoms with E-state index in [1.165, 1.54) is 6.92 Å². The maximum Gasteiger partial charge on any atom is 0.356 e. The van der Waals surface area contributed by atoms with E-state index in [2.05, 4.69) is 10.3 Å². The lowest BCUT2D eigenvalue weighted by molar-refractivity contribution is 0.0686. The molecular weight excluding hydrogens is 232 g/mol. The summed E-state index contributed by atoms with van der Waals surface area (Å²) < 4.78 is 26.9. The third kappa shape index (κ3) is 1.99. The molecule has 0 saturated heterocycles. The minimum atomic E-state index is -1.27. The Morgan fingerprint density at radius 2 is 1.88 bits per heavy atom. The molecule has 0 saturated carbocycles. The summed E-state index contributed by atoms with van der Waals surface area (Å²) in [6.07, 6.45) is 0. The Labute approximate surface area is 94.3 Å². The van der Waals surface area contributed by atoms with Gasteiger partial charge in [0.1, 0.15) is 11.6 Å². The molecule has 0 aliphatic carbocycles. The van der Waals surface area contributed by atoms with E-state index >= 15 is 0 Å². The molecule has 88 valence electrons. The smallest absolute Gasteiger partial charge is 0.356 e. The van der Waals surface area contributed by atoms with E-state index in [-0.39, 0.29) is 17.1 Å². The molecule has 0 aliphatic rings. The third-order valence-corrected chi connectivity index (χ3v) is 2.13. The van der Waals surface area contributed by atoms with Crippen LogP contribution in [0.5, 0.6) is 0 Å². The highest BCUT2D eigenvalue weighted by atomic mass is 19.1. The summed E-state index contributed by atoms with van der Waals surface area (Å²) in [5, 5.41) is 16.0. The molecule has 0 radical (unpaired) electrons. The Kier molecular flexibility index (Phi) is 2.58. The largest absolute Gasteiger partial charge is 0.476 e. The van der Waals surface area contributed by atoms with Gasteiger partial charge < -0.3 is 5.11 Å². The van der Waals surface area contributed by atoms with E-state index in [1.807, 2.05) is 0 Å². The molecule has 5 nitrogen and oxygen atoms in total. The first-order valence-electron chi connectivity index (χ1n) is 4.61. The zero-order valence-electron chi connectivity index (χ0n) is 8.69. The molecule has 2 aromatic rings. The number of halogens is 2. The predicted molar refractivity (Wildman–Crippen MR) is 53.0 cm³/mol. The molecule has 2 rings (SSSR count). The van der Waals surface area contributed by atoms with Crippen LogP contribution in [0.4, 0.5) is 8.78 Å².